The quantitative estimate of drug-likeness (QED) is 0.439. The monoisotopic (exact) mass is 252 g/mol. The van der Waals surface area contributed by atoms with Crippen LogP contribution in [0.15, 0.2) is 41.4 Å². The Morgan fingerprint density at radius 3 is 2.62 bits per heavy atom. The van der Waals surface area contributed by atoms with Gasteiger partial charge in [0, 0.05) is 33.0 Å². The normalized spacial score (nSPS) is 8.69. The minimum absolute atomic E-state index is 0. The first-order valence-corrected chi connectivity index (χ1v) is 3.85. The Balaban J connectivity index is 0.000000720. The summed E-state index contributed by atoms with van der Waals surface area (Å²) in [4.78, 5) is 5.11. The van der Waals surface area contributed by atoms with Crippen LogP contribution in [0.1, 0.15) is 0 Å². The zero-order valence-corrected chi connectivity index (χ0v) is 9.40. The first kappa shape index (κ1) is 12.8. The van der Waals surface area contributed by atoms with Crippen LogP contribution in [-0.2, 0) is 30.0 Å². The van der Waals surface area contributed by atoms with Crippen molar-refractivity contribution >= 4 is 37.0 Å². The molecule has 1 heterocycles. The summed E-state index contributed by atoms with van der Waals surface area (Å²) < 4.78 is 0. The van der Waals surface area contributed by atoms with E-state index in [2.05, 4.69) is 17.6 Å². The van der Waals surface area contributed by atoms with Crippen LogP contribution < -0.4 is 0 Å². The Hall–Kier alpha value is -0.176. The van der Waals surface area contributed by atoms with Crippen LogP contribution in [0.25, 0.3) is 10.9 Å². The number of fused-ring (bicyclic) bond motifs is 1. The van der Waals surface area contributed by atoms with Gasteiger partial charge < -0.3 is 13.5 Å². The van der Waals surface area contributed by atoms with E-state index >= 15 is 0 Å². The number of benzene rings is 1. The Bertz CT molecular complexity index is 392. The van der Waals surface area contributed by atoms with Crippen molar-refractivity contribution in [3.8, 4) is 0 Å². The van der Waals surface area contributed by atoms with E-state index in [-0.39, 0.29) is 30.0 Å². The molecule has 2 rings (SSSR count). The minimum Gasteiger partial charge on any atom is -0.813 e. The topological polar surface area (TPSA) is 12.9 Å². The Labute approximate surface area is 99.7 Å². The zero-order valence-electron chi connectivity index (χ0n) is 6.62. The summed E-state index contributed by atoms with van der Waals surface area (Å²) in [7, 11) is 0. The molecule has 0 aliphatic carbocycles. The molecule has 0 N–H and O–H groups in total. The van der Waals surface area contributed by atoms with Gasteiger partial charge in [0.1, 0.15) is 0 Å². The van der Waals surface area contributed by atoms with Gasteiger partial charge in [-0.2, -0.15) is 0 Å². The van der Waals surface area contributed by atoms with E-state index in [9.17, 15) is 0 Å². The molecule has 2 aromatic rings. The molecular weight excluding hydrogens is 245 g/mol. The smallest absolute Gasteiger partial charge is 0.0702 e. The van der Waals surface area contributed by atoms with Crippen LogP contribution in [0.4, 0.5) is 0 Å². The van der Waals surface area contributed by atoms with E-state index in [1.165, 1.54) is 0 Å². The standard InChI is InChI=1S/C9H7NS.Ni.H2S/c11-8-5-7-3-1-2-4-9(7)10-6-8;;/h1-6,11H;;1H2/p-1. The van der Waals surface area contributed by atoms with Gasteiger partial charge in [-0.15, -0.1) is 12.6 Å². The molecule has 1 nitrogen and oxygen atoms in total. The van der Waals surface area contributed by atoms with E-state index in [4.69, 9.17) is 0 Å². The van der Waals surface area contributed by atoms with Crippen molar-refractivity contribution in [3.05, 3.63) is 36.5 Å². The molecule has 4 heteroatoms. The number of aromatic nitrogens is 1. The molecule has 0 fully saturated rings. The maximum absolute atomic E-state index is 4.20. The third-order valence-corrected chi connectivity index (χ3v) is 1.82. The van der Waals surface area contributed by atoms with E-state index in [1.807, 2.05) is 30.3 Å². The van der Waals surface area contributed by atoms with Crippen LogP contribution >= 0.6 is 12.6 Å². The Morgan fingerprint density at radius 2 is 1.85 bits per heavy atom. The first-order valence-electron chi connectivity index (χ1n) is 3.40. The van der Waals surface area contributed by atoms with E-state index in [0.717, 1.165) is 15.8 Å². The third kappa shape index (κ3) is 2.90. The number of thiol groups is 2. The van der Waals surface area contributed by atoms with Crippen molar-refractivity contribution in [1.82, 2.24) is 4.98 Å². The van der Waals surface area contributed by atoms with Gasteiger partial charge in [0.15, 0.2) is 0 Å². The molecule has 1 aromatic carbocycles. The Morgan fingerprint density at radius 1 is 1.15 bits per heavy atom. The summed E-state index contributed by atoms with van der Waals surface area (Å²) in [6.07, 6.45) is 1.76. The molecule has 0 aliphatic heterocycles. The van der Waals surface area contributed by atoms with Crippen molar-refractivity contribution < 1.29 is 16.5 Å². The molecule has 72 valence electrons. The summed E-state index contributed by atoms with van der Waals surface area (Å²) in [6, 6.07) is 10.0. The average Bonchev–Trinajstić information content (AvgIpc) is 2.04. The van der Waals surface area contributed by atoms with Crippen molar-refractivity contribution in [2.24, 2.45) is 0 Å². The molecule has 0 amide bonds. The first-order chi connectivity index (χ1) is 5.36. The van der Waals surface area contributed by atoms with Crippen molar-refractivity contribution in [2.45, 2.75) is 4.90 Å². The van der Waals surface area contributed by atoms with Crippen LogP contribution in [0.2, 0.25) is 0 Å². The summed E-state index contributed by atoms with van der Waals surface area (Å²) in [5, 5.41) is 1.14. The largest absolute Gasteiger partial charge is 0.813 e. The number of rotatable bonds is 0. The molecule has 0 saturated heterocycles. The summed E-state index contributed by atoms with van der Waals surface area (Å²) in [6.45, 7) is 0. The van der Waals surface area contributed by atoms with Gasteiger partial charge in [-0.3, -0.25) is 4.98 Å². The number of para-hydroxylation sites is 1. The van der Waals surface area contributed by atoms with Gasteiger partial charge >= 0.3 is 0 Å². The molecule has 0 spiro atoms. The zero-order chi connectivity index (χ0) is 7.68. The van der Waals surface area contributed by atoms with Gasteiger partial charge in [-0.25, -0.2) is 0 Å². The molecular formula is C9H8NNiS2-. The van der Waals surface area contributed by atoms with Crippen molar-refractivity contribution in [2.75, 3.05) is 0 Å². The van der Waals surface area contributed by atoms with Gasteiger partial charge in [-0.1, -0.05) is 18.2 Å². The van der Waals surface area contributed by atoms with Gasteiger partial charge in [0.25, 0.3) is 0 Å². The van der Waals surface area contributed by atoms with Gasteiger partial charge in [-0.05, 0) is 12.1 Å². The number of hydrogen-bond acceptors (Lipinski definition) is 3. The maximum Gasteiger partial charge on any atom is 0.0702 e. The molecule has 0 radical (unpaired) electrons. The fourth-order valence-electron chi connectivity index (χ4n) is 1.06. The fourth-order valence-corrected chi connectivity index (χ4v) is 1.26. The van der Waals surface area contributed by atoms with Crippen molar-refractivity contribution in [3.63, 3.8) is 0 Å². The van der Waals surface area contributed by atoms with Crippen LogP contribution in [0, 0.1) is 0 Å². The van der Waals surface area contributed by atoms with E-state index in [1.54, 1.807) is 6.20 Å². The Kier molecular flexibility index (Phi) is 5.46. The third-order valence-electron chi connectivity index (χ3n) is 1.58. The number of nitrogens with zero attached hydrogens (tertiary/aromatic N) is 1. The molecule has 0 atom stereocenters. The predicted octanol–water partition coefficient (Wildman–Crippen LogP) is 2.25. The van der Waals surface area contributed by atoms with E-state index < -0.39 is 0 Å². The second kappa shape index (κ2) is 5.53. The predicted molar refractivity (Wildman–Crippen MR) is 57.8 cm³/mol. The van der Waals surface area contributed by atoms with Gasteiger partial charge in [0.05, 0.1) is 5.52 Å². The molecule has 0 aliphatic rings. The average molecular weight is 253 g/mol. The van der Waals surface area contributed by atoms with E-state index in [0.29, 0.717) is 0 Å². The molecule has 0 unspecified atom stereocenters. The number of hydrogen-bond donors (Lipinski definition) is 1. The maximum atomic E-state index is 4.20. The van der Waals surface area contributed by atoms with Crippen LogP contribution in [0.3, 0.4) is 0 Å². The summed E-state index contributed by atoms with van der Waals surface area (Å²) >= 11 is 4.20. The minimum atomic E-state index is 0. The molecule has 0 saturated carbocycles. The molecule has 1 aromatic heterocycles. The van der Waals surface area contributed by atoms with Crippen LogP contribution in [0.5, 0.6) is 0 Å². The second-order valence-corrected chi connectivity index (χ2v) is 2.90. The second-order valence-electron chi connectivity index (χ2n) is 2.39. The molecule has 0 bridgehead atoms. The fraction of sp³-hybridized carbons (Fsp3) is 0. The summed E-state index contributed by atoms with van der Waals surface area (Å²) in [5.74, 6) is 0. The summed E-state index contributed by atoms with van der Waals surface area (Å²) in [5.41, 5.74) is 1.02. The number of pyridine rings is 1. The van der Waals surface area contributed by atoms with Crippen LogP contribution in [-0.4, -0.2) is 4.98 Å². The van der Waals surface area contributed by atoms with Crippen molar-refractivity contribution in [1.29, 1.82) is 0 Å². The van der Waals surface area contributed by atoms with Gasteiger partial charge in [0.2, 0.25) is 0 Å². The SMILES string of the molecule is Sc1cnc2ccccc2c1.[Ni].[SH-]. The molecule has 13 heavy (non-hydrogen) atoms.